The first-order valence-electron chi connectivity index (χ1n) is 3.54. The number of hydrogen-bond acceptors (Lipinski definition) is 5. The third kappa shape index (κ3) is 3.63. The third-order valence-corrected chi connectivity index (χ3v) is 1.31. The molecule has 0 aromatic carbocycles. The standard InChI is InChI=1S/C6H13N5O2/c7-1-3(5(9)6(10)13)11-4(8)2-12/h3,9,12H,1-2,7H2,(H2,8,11)(H2,10,13). The number of amides is 1. The molecule has 0 fully saturated rings. The van der Waals surface area contributed by atoms with Crippen LogP contribution in [0.5, 0.6) is 0 Å². The molecule has 0 bridgehead atoms. The van der Waals surface area contributed by atoms with Gasteiger partial charge in [-0.15, -0.1) is 0 Å². The van der Waals surface area contributed by atoms with Gasteiger partial charge in [-0.3, -0.25) is 15.2 Å². The number of nitrogens with zero attached hydrogens (tertiary/aromatic N) is 1. The third-order valence-electron chi connectivity index (χ3n) is 1.31. The summed E-state index contributed by atoms with van der Waals surface area (Å²) in [7, 11) is 0. The SMILES string of the molecule is N=C(C(N)=O)C(CN)N=C(N)CO. The quantitative estimate of drug-likeness (QED) is 0.232. The molecule has 7 nitrogen and oxygen atoms in total. The summed E-state index contributed by atoms with van der Waals surface area (Å²) >= 11 is 0. The molecule has 7 heteroatoms. The number of aliphatic hydroxyl groups excluding tert-OH is 1. The molecule has 0 spiro atoms. The highest BCUT2D eigenvalue weighted by molar-refractivity contribution is 6.39. The fourth-order valence-electron chi connectivity index (χ4n) is 0.640. The van der Waals surface area contributed by atoms with E-state index in [9.17, 15) is 4.79 Å². The highest BCUT2D eigenvalue weighted by Crippen LogP contribution is 1.91. The summed E-state index contributed by atoms with van der Waals surface area (Å²) < 4.78 is 0. The Balaban J connectivity index is 4.52. The van der Waals surface area contributed by atoms with Crippen molar-refractivity contribution in [2.75, 3.05) is 13.2 Å². The summed E-state index contributed by atoms with van der Waals surface area (Å²) in [5, 5.41) is 15.7. The van der Waals surface area contributed by atoms with E-state index in [-0.39, 0.29) is 12.4 Å². The highest BCUT2D eigenvalue weighted by atomic mass is 16.3. The van der Waals surface area contributed by atoms with Gasteiger partial charge in [0.05, 0.1) is 0 Å². The molecule has 1 atom stereocenters. The second-order valence-corrected chi connectivity index (χ2v) is 2.31. The van der Waals surface area contributed by atoms with Gasteiger partial charge in [-0.05, 0) is 0 Å². The molecule has 13 heavy (non-hydrogen) atoms. The maximum Gasteiger partial charge on any atom is 0.264 e. The van der Waals surface area contributed by atoms with E-state index in [1.165, 1.54) is 0 Å². The van der Waals surface area contributed by atoms with Gasteiger partial charge in [0.25, 0.3) is 5.91 Å². The summed E-state index contributed by atoms with van der Waals surface area (Å²) in [6.45, 7) is -0.495. The van der Waals surface area contributed by atoms with Gasteiger partial charge in [0.1, 0.15) is 24.2 Å². The first-order chi connectivity index (χ1) is 6.02. The minimum absolute atomic E-state index is 0.0531. The lowest BCUT2D eigenvalue weighted by Crippen LogP contribution is -2.38. The molecule has 0 rings (SSSR count). The van der Waals surface area contributed by atoms with Gasteiger partial charge >= 0.3 is 0 Å². The van der Waals surface area contributed by atoms with Crippen molar-refractivity contribution in [3.8, 4) is 0 Å². The van der Waals surface area contributed by atoms with Crippen molar-refractivity contribution < 1.29 is 9.90 Å². The van der Waals surface area contributed by atoms with E-state index in [0.717, 1.165) is 0 Å². The van der Waals surface area contributed by atoms with E-state index in [2.05, 4.69) is 4.99 Å². The number of carbonyl (C=O) groups is 1. The normalized spacial score (nSPS) is 13.8. The second kappa shape index (κ2) is 5.22. The van der Waals surface area contributed by atoms with Gasteiger partial charge in [0.15, 0.2) is 0 Å². The fourth-order valence-corrected chi connectivity index (χ4v) is 0.640. The number of amidine groups is 1. The first kappa shape index (κ1) is 11.5. The molecule has 0 aliphatic carbocycles. The Morgan fingerprint density at radius 1 is 1.54 bits per heavy atom. The average molecular weight is 187 g/mol. The van der Waals surface area contributed by atoms with Crippen LogP contribution in [0.25, 0.3) is 0 Å². The molecule has 0 aliphatic rings. The molecule has 0 aromatic rings. The van der Waals surface area contributed by atoms with Gasteiger partial charge in [-0.25, -0.2) is 0 Å². The van der Waals surface area contributed by atoms with Crippen molar-refractivity contribution in [3.05, 3.63) is 0 Å². The number of primary amides is 1. The van der Waals surface area contributed by atoms with Crippen molar-refractivity contribution in [1.82, 2.24) is 0 Å². The fraction of sp³-hybridized carbons (Fsp3) is 0.500. The van der Waals surface area contributed by atoms with Crippen LogP contribution in [0.4, 0.5) is 0 Å². The smallest absolute Gasteiger partial charge is 0.264 e. The van der Waals surface area contributed by atoms with E-state index in [1.807, 2.05) is 0 Å². The predicted octanol–water partition coefficient (Wildman–Crippen LogP) is -2.83. The number of nitrogens with one attached hydrogen (secondary N) is 1. The van der Waals surface area contributed by atoms with Crippen LogP contribution in [0.3, 0.4) is 0 Å². The minimum Gasteiger partial charge on any atom is -0.388 e. The number of rotatable bonds is 5. The molecule has 0 heterocycles. The molecule has 74 valence electrons. The number of aliphatic hydroxyl groups is 1. The molecule has 0 radical (unpaired) electrons. The zero-order valence-corrected chi connectivity index (χ0v) is 7.03. The summed E-state index contributed by atoms with van der Waals surface area (Å²) in [5.74, 6) is -0.980. The lowest BCUT2D eigenvalue weighted by Gasteiger charge is -2.09. The number of aliphatic imine (C=N–C) groups is 1. The second-order valence-electron chi connectivity index (χ2n) is 2.31. The summed E-state index contributed by atoms with van der Waals surface area (Å²) in [5.41, 5.74) is 14.8. The van der Waals surface area contributed by atoms with E-state index in [0.29, 0.717) is 0 Å². The molecule has 0 saturated heterocycles. The molecule has 8 N–H and O–H groups in total. The summed E-state index contributed by atoms with van der Waals surface area (Å²) in [6.07, 6.45) is 0. The van der Waals surface area contributed by atoms with E-state index in [1.54, 1.807) is 0 Å². The van der Waals surface area contributed by atoms with Gasteiger partial charge in [-0.1, -0.05) is 0 Å². The monoisotopic (exact) mass is 187 g/mol. The van der Waals surface area contributed by atoms with Gasteiger partial charge in [0.2, 0.25) is 0 Å². The Labute approximate surface area is 75.1 Å². The molecule has 1 unspecified atom stereocenters. The van der Waals surface area contributed by atoms with Crippen LogP contribution in [0.15, 0.2) is 4.99 Å². The van der Waals surface area contributed by atoms with Crippen molar-refractivity contribution >= 4 is 17.5 Å². The molecule has 0 aliphatic heterocycles. The lowest BCUT2D eigenvalue weighted by molar-refractivity contribution is -0.112. The predicted molar refractivity (Wildman–Crippen MR) is 48.5 cm³/mol. The Morgan fingerprint density at radius 3 is 2.38 bits per heavy atom. The van der Waals surface area contributed by atoms with E-state index >= 15 is 0 Å². The van der Waals surface area contributed by atoms with Crippen molar-refractivity contribution in [1.29, 1.82) is 5.41 Å². The van der Waals surface area contributed by atoms with Gasteiger partial charge < -0.3 is 22.3 Å². The van der Waals surface area contributed by atoms with Crippen LogP contribution in [-0.2, 0) is 4.79 Å². The number of carbonyl (C=O) groups excluding carboxylic acids is 1. The average Bonchev–Trinajstić information content (AvgIpc) is 2.12. The van der Waals surface area contributed by atoms with Gasteiger partial charge in [0, 0.05) is 6.54 Å². The highest BCUT2D eigenvalue weighted by Gasteiger charge is 2.16. The molecule has 0 aromatic heterocycles. The summed E-state index contributed by atoms with van der Waals surface area (Å²) in [6, 6.07) is -0.871. The van der Waals surface area contributed by atoms with Crippen molar-refractivity contribution in [3.63, 3.8) is 0 Å². The van der Waals surface area contributed by atoms with Gasteiger partial charge in [-0.2, -0.15) is 0 Å². The first-order valence-corrected chi connectivity index (χ1v) is 3.54. The Bertz CT molecular complexity index is 237. The van der Waals surface area contributed by atoms with Crippen molar-refractivity contribution in [2.45, 2.75) is 6.04 Å². The molecular weight excluding hydrogens is 174 g/mol. The van der Waals surface area contributed by atoms with Crippen molar-refractivity contribution in [2.24, 2.45) is 22.2 Å². The number of hydrogen-bond donors (Lipinski definition) is 5. The number of nitrogens with two attached hydrogens (primary N) is 3. The zero-order valence-electron chi connectivity index (χ0n) is 7.03. The molecule has 1 amide bonds. The van der Waals surface area contributed by atoms with Crippen LogP contribution < -0.4 is 17.2 Å². The molecular formula is C6H13N5O2. The minimum atomic E-state index is -0.898. The zero-order chi connectivity index (χ0) is 10.4. The maximum atomic E-state index is 10.5. The van der Waals surface area contributed by atoms with Crippen LogP contribution in [-0.4, -0.2) is 41.8 Å². The van der Waals surface area contributed by atoms with Crippen LogP contribution in [0.1, 0.15) is 0 Å². The Hall–Kier alpha value is -1.47. The van der Waals surface area contributed by atoms with E-state index < -0.39 is 24.3 Å². The van der Waals surface area contributed by atoms with Crippen LogP contribution >= 0.6 is 0 Å². The topological polar surface area (TPSA) is 152 Å². The van der Waals surface area contributed by atoms with Crippen LogP contribution in [0.2, 0.25) is 0 Å². The Morgan fingerprint density at radius 2 is 2.08 bits per heavy atom. The Kier molecular flexibility index (Phi) is 4.63. The van der Waals surface area contributed by atoms with Crippen LogP contribution in [0, 0.1) is 5.41 Å². The summed E-state index contributed by atoms with van der Waals surface area (Å²) in [4.78, 5) is 14.2. The lowest BCUT2D eigenvalue weighted by atomic mass is 10.2. The van der Waals surface area contributed by atoms with E-state index in [4.69, 9.17) is 27.7 Å². The largest absolute Gasteiger partial charge is 0.388 e. The maximum absolute atomic E-state index is 10.5. The molecule has 0 saturated carbocycles.